The highest BCUT2D eigenvalue weighted by Crippen LogP contribution is 2.34. The quantitative estimate of drug-likeness (QED) is 0.513. The van der Waals surface area contributed by atoms with Gasteiger partial charge in [0.1, 0.15) is 4.83 Å². The highest BCUT2D eigenvalue weighted by molar-refractivity contribution is 7.18. The number of hydrogen-bond acceptors (Lipinski definition) is 4. The molecule has 2 atom stereocenters. The third-order valence-electron chi connectivity index (χ3n) is 6.02. The molecule has 0 aliphatic heterocycles. The predicted molar refractivity (Wildman–Crippen MR) is 123 cm³/mol. The largest absolute Gasteiger partial charge is 0.307 e. The molecule has 152 valence electrons. The van der Waals surface area contributed by atoms with Gasteiger partial charge in [-0.3, -0.25) is 9.36 Å². The molecule has 0 amide bonds. The van der Waals surface area contributed by atoms with Crippen LogP contribution in [0.25, 0.3) is 10.2 Å². The van der Waals surface area contributed by atoms with Crippen molar-refractivity contribution in [1.82, 2.24) is 14.9 Å². The number of hydrogen-bond donors (Lipinski definition) is 1. The third kappa shape index (κ3) is 3.71. The summed E-state index contributed by atoms with van der Waals surface area (Å²) in [4.78, 5) is 20.1. The van der Waals surface area contributed by atoms with Gasteiger partial charge in [-0.15, -0.1) is 11.3 Å². The van der Waals surface area contributed by atoms with E-state index in [0.29, 0.717) is 18.6 Å². The van der Waals surface area contributed by atoms with Crippen LogP contribution in [0, 0.1) is 0 Å². The van der Waals surface area contributed by atoms with Crippen molar-refractivity contribution in [3.05, 3.63) is 98.9 Å². The Kier molecular flexibility index (Phi) is 5.23. The Morgan fingerprint density at radius 3 is 2.63 bits per heavy atom. The number of fused-ring (bicyclic) bond motifs is 3. The van der Waals surface area contributed by atoms with E-state index in [0.717, 1.165) is 35.0 Å². The molecule has 4 nitrogen and oxygen atoms in total. The minimum Gasteiger partial charge on any atom is -0.307 e. The van der Waals surface area contributed by atoms with E-state index in [1.54, 1.807) is 22.2 Å². The molecule has 2 aromatic carbocycles. The van der Waals surface area contributed by atoms with Crippen molar-refractivity contribution in [3.8, 4) is 0 Å². The maximum atomic E-state index is 13.2. The molecule has 1 aliphatic rings. The maximum absolute atomic E-state index is 13.2. The van der Waals surface area contributed by atoms with Crippen LogP contribution in [0.2, 0.25) is 0 Å². The molecule has 5 heteroatoms. The summed E-state index contributed by atoms with van der Waals surface area (Å²) < 4.78 is 1.74. The number of aromatic nitrogens is 2. The summed E-state index contributed by atoms with van der Waals surface area (Å²) in [6.45, 7) is 2.78. The van der Waals surface area contributed by atoms with Crippen LogP contribution in [-0.4, -0.2) is 15.6 Å². The van der Waals surface area contributed by atoms with Gasteiger partial charge in [-0.2, -0.15) is 0 Å². The highest BCUT2D eigenvalue weighted by Gasteiger charge is 2.26. The molecule has 1 N–H and O–H groups in total. The number of benzene rings is 2. The van der Waals surface area contributed by atoms with Crippen molar-refractivity contribution in [2.24, 2.45) is 0 Å². The molecular weight excluding hydrogens is 390 g/mol. The van der Waals surface area contributed by atoms with Crippen molar-refractivity contribution < 1.29 is 0 Å². The Balaban J connectivity index is 1.39. The Labute approximate surface area is 180 Å². The Bertz CT molecular complexity index is 1210. The number of rotatable bonds is 5. The number of nitrogens with zero attached hydrogens (tertiary/aromatic N) is 2. The van der Waals surface area contributed by atoms with Gasteiger partial charge in [-0.1, -0.05) is 60.7 Å². The maximum Gasteiger partial charge on any atom is 0.262 e. The van der Waals surface area contributed by atoms with Gasteiger partial charge in [0, 0.05) is 17.0 Å². The van der Waals surface area contributed by atoms with Crippen molar-refractivity contribution in [1.29, 1.82) is 0 Å². The molecule has 0 spiro atoms. The molecule has 1 aliphatic carbocycles. The smallest absolute Gasteiger partial charge is 0.262 e. The minimum atomic E-state index is 0.0883. The van der Waals surface area contributed by atoms with E-state index >= 15 is 0 Å². The van der Waals surface area contributed by atoms with Gasteiger partial charge in [0.25, 0.3) is 5.56 Å². The van der Waals surface area contributed by atoms with Crippen molar-refractivity contribution in [2.75, 3.05) is 0 Å². The van der Waals surface area contributed by atoms with Gasteiger partial charge >= 0.3 is 0 Å². The summed E-state index contributed by atoms with van der Waals surface area (Å²) in [6.07, 6.45) is 4.64. The molecule has 0 saturated carbocycles. The molecular formula is C25H25N3OS. The molecule has 0 fully saturated rings. The van der Waals surface area contributed by atoms with Gasteiger partial charge < -0.3 is 5.32 Å². The van der Waals surface area contributed by atoms with E-state index in [2.05, 4.69) is 47.6 Å². The zero-order valence-electron chi connectivity index (χ0n) is 17.0. The second kappa shape index (κ2) is 8.17. The van der Waals surface area contributed by atoms with E-state index in [-0.39, 0.29) is 5.56 Å². The average molecular weight is 416 g/mol. The lowest BCUT2D eigenvalue weighted by molar-refractivity contribution is 0.417. The molecule has 0 saturated heterocycles. The fourth-order valence-electron chi connectivity index (χ4n) is 4.43. The summed E-state index contributed by atoms with van der Waals surface area (Å²) in [5.41, 5.74) is 3.74. The summed E-state index contributed by atoms with van der Waals surface area (Å²) in [7, 11) is 0. The zero-order chi connectivity index (χ0) is 20.5. The van der Waals surface area contributed by atoms with Crippen molar-refractivity contribution in [2.45, 2.75) is 44.8 Å². The van der Waals surface area contributed by atoms with E-state index in [9.17, 15) is 4.79 Å². The van der Waals surface area contributed by atoms with Crippen LogP contribution in [0.4, 0.5) is 0 Å². The van der Waals surface area contributed by atoms with Crippen LogP contribution >= 0.6 is 11.3 Å². The number of aryl methyl sites for hydroxylation is 1. The molecule has 2 aromatic heterocycles. The highest BCUT2D eigenvalue weighted by atomic mass is 32.1. The minimum absolute atomic E-state index is 0.0883. The van der Waals surface area contributed by atoms with Gasteiger partial charge in [0.2, 0.25) is 0 Å². The fourth-order valence-corrected chi connectivity index (χ4v) is 5.69. The second-order valence-corrected chi connectivity index (χ2v) is 9.17. The van der Waals surface area contributed by atoms with E-state index in [1.807, 2.05) is 30.3 Å². The summed E-state index contributed by atoms with van der Waals surface area (Å²) >= 11 is 1.69. The lowest BCUT2D eigenvalue weighted by Gasteiger charge is -2.27. The summed E-state index contributed by atoms with van der Waals surface area (Å²) in [5, 5.41) is 4.62. The molecule has 2 heterocycles. The normalized spacial score (nSPS) is 17.0. The van der Waals surface area contributed by atoms with Crippen LogP contribution in [0.15, 0.2) is 71.8 Å². The standard InChI is InChI=1S/C25H25N3OS/c1-17(19-10-6-3-7-11-19)27-20-12-13-21-22(14-20)30-24-23(21)25(29)28(16-26-24)15-18-8-4-2-5-9-18/h2-11,16-17,20,27H,12-15H2,1H3. The Morgan fingerprint density at radius 1 is 1.13 bits per heavy atom. The summed E-state index contributed by atoms with van der Waals surface area (Å²) in [6, 6.07) is 21.4. The average Bonchev–Trinajstić information content (AvgIpc) is 3.15. The van der Waals surface area contributed by atoms with Gasteiger partial charge in [0.05, 0.1) is 18.3 Å². The molecule has 2 unspecified atom stereocenters. The first-order valence-electron chi connectivity index (χ1n) is 10.5. The van der Waals surface area contributed by atoms with E-state index < -0.39 is 0 Å². The summed E-state index contributed by atoms with van der Waals surface area (Å²) in [5.74, 6) is 0. The molecule has 4 aromatic rings. The van der Waals surface area contributed by atoms with E-state index in [4.69, 9.17) is 0 Å². The first-order valence-corrected chi connectivity index (χ1v) is 11.4. The first kappa shape index (κ1) is 19.2. The van der Waals surface area contributed by atoms with Gasteiger partial charge in [-0.25, -0.2) is 4.98 Å². The monoisotopic (exact) mass is 415 g/mol. The topological polar surface area (TPSA) is 46.9 Å². The molecule has 0 bridgehead atoms. The zero-order valence-corrected chi connectivity index (χ0v) is 17.9. The molecule has 5 rings (SSSR count). The van der Waals surface area contributed by atoms with Crippen LogP contribution in [0.1, 0.15) is 41.0 Å². The van der Waals surface area contributed by atoms with Gasteiger partial charge in [0.15, 0.2) is 0 Å². The lowest BCUT2D eigenvalue weighted by Crippen LogP contribution is -2.36. The van der Waals surface area contributed by atoms with E-state index in [1.165, 1.54) is 16.0 Å². The van der Waals surface area contributed by atoms with Crippen molar-refractivity contribution >= 4 is 21.6 Å². The molecule has 0 radical (unpaired) electrons. The molecule has 30 heavy (non-hydrogen) atoms. The fraction of sp³-hybridized carbons (Fsp3) is 0.280. The van der Waals surface area contributed by atoms with Crippen molar-refractivity contribution in [3.63, 3.8) is 0 Å². The second-order valence-electron chi connectivity index (χ2n) is 8.09. The van der Waals surface area contributed by atoms with Crippen LogP contribution in [0.3, 0.4) is 0 Å². The van der Waals surface area contributed by atoms with Crippen LogP contribution in [-0.2, 0) is 19.4 Å². The Morgan fingerprint density at radius 2 is 1.87 bits per heavy atom. The van der Waals surface area contributed by atoms with Gasteiger partial charge in [-0.05, 0) is 42.9 Å². The van der Waals surface area contributed by atoms with Crippen LogP contribution in [0.5, 0.6) is 0 Å². The lowest BCUT2D eigenvalue weighted by atomic mass is 9.92. The number of nitrogens with one attached hydrogen (secondary N) is 1. The Hall–Kier alpha value is -2.76. The predicted octanol–water partition coefficient (Wildman–Crippen LogP) is 4.71. The third-order valence-corrected chi connectivity index (χ3v) is 7.18. The number of thiophene rings is 1. The first-order chi connectivity index (χ1) is 14.7. The SMILES string of the molecule is CC(NC1CCc2c(sc3ncn(Cc4ccccc4)c(=O)c23)C1)c1ccccc1. The van der Waals surface area contributed by atoms with Crippen LogP contribution < -0.4 is 10.9 Å².